The summed E-state index contributed by atoms with van der Waals surface area (Å²) < 4.78 is 0. The second-order valence-corrected chi connectivity index (χ2v) is 4.66. The summed E-state index contributed by atoms with van der Waals surface area (Å²) in [6.07, 6.45) is 0.826. The molecule has 0 saturated carbocycles. The average molecular weight is 255 g/mol. The van der Waals surface area contributed by atoms with Crippen molar-refractivity contribution in [3.05, 3.63) is 34.9 Å². The van der Waals surface area contributed by atoms with E-state index in [1.54, 1.807) is 0 Å². The molecule has 0 saturated heterocycles. The Morgan fingerprint density at radius 1 is 1.43 bits per heavy atom. The van der Waals surface area contributed by atoms with Gasteiger partial charge in [0.15, 0.2) is 5.78 Å². The molecule has 0 aliphatic rings. The molecule has 0 N–H and O–H groups in total. The summed E-state index contributed by atoms with van der Waals surface area (Å²) in [5.41, 5.74) is 3.09. The SMILES string of the molecule is CC[C@@H](Br)C(=O)c1ccc(C)cc1C. The molecule has 1 rings (SSSR count). The van der Waals surface area contributed by atoms with Gasteiger partial charge in [-0.15, -0.1) is 0 Å². The van der Waals surface area contributed by atoms with Gasteiger partial charge in [0.25, 0.3) is 0 Å². The summed E-state index contributed by atoms with van der Waals surface area (Å²) >= 11 is 3.38. The van der Waals surface area contributed by atoms with E-state index in [4.69, 9.17) is 0 Å². The highest BCUT2D eigenvalue weighted by atomic mass is 79.9. The normalized spacial score (nSPS) is 12.6. The van der Waals surface area contributed by atoms with E-state index in [1.807, 2.05) is 39.0 Å². The Morgan fingerprint density at radius 2 is 2.07 bits per heavy atom. The van der Waals surface area contributed by atoms with Crippen molar-refractivity contribution >= 4 is 21.7 Å². The van der Waals surface area contributed by atoms with Crippen molar-refractivity contribution < 1.29 is 4.79 Å². The third-order valence-corrected chi connectivity index (χ3v) is 3.35. The minimum atomic E-state index is -0.0519. The lowest BCUT2D eigenvalue weighted by Crippen LogP contribution is -2.14. The molecule has 2 heteroatoms. The molecule has 76 valence electrons. The van der Waals surface area contributed by atoms with Gasteiger partial charge in [0.2, 0.25) is 0 Å². The second kappa shape index (κ2) is 4.74. The van der Waals surface area contributed by atoms with Crippen molar-refractivity contribution in [3.8, 4) is 0 Å². The molecule has 1 aromatic carbocycles. The van der Waals surface area contributed by atoms with Gasteiger partial charge in [0, 0.05) is 5.56 Å². The first-order valence-corrected chi connectivity index (χ1v) is 5.73. The molecule has 1 aromatic rings. The lowest BCUT2D eigenvalue weighted by molar-refractivity contribution is 0.0989. The molecule has 0 heterocycles. The summed E-state index contributed by atoms with van der Waals surface area (Å²) in [5.74, 6) is 0.185. The van der Waals surface area contributed by atoms with Crippen molar-refractivity contribution in [1.29, 1.82) is 0 Å². The fraction of sp³-hybridized carbons (Fsp3) is 0.417. The molecule has 0 amide bonds. The summed E-state index contributed by atoms with van der Waals surface area (Å²) in [4.78, 5) is 11.8. The predicted octanol–water partition coefficient (Wildman–Crippen LogP) is 3.66. The van der Waals surface area contributed by atoms with E-state index >= 15 is 0 Å². The van der Waals surface area contributed by atoms with E-state index in [9.17, 15) is 4.79 Å². The van der Waals surface area contributed by atoms with Gasteiger partial charge in [-0.25, -0.2) is 0 Å². The summed E-state index contributed by atoms with van der Waals surface area (Å²) in [6.45, 7) is 6.02. The molecule has 0 spiro atoms. The third-order valence-electron chi connectivity index (χ3n) is 2.29. The Balaban J connectivity index is 3.02. The lowest BCUT2D eigenvalue weighted by Gasteiger charge is -2.09. The van der Waals surface area contributed by atoms with Crippen LogP contribution in [0.25, 0.3) is 0 Å². The van der Waals surface area contributed by atoms with E-state index < -0.39 is 0 Å². The molecule has 0 bridgehead atoms. The Hall–Kier alpha value is -0.630. The molecular weight excluding hydrogens is 240 g/mol. The van der Waals surface area contributed by atoms with E-state index in [1.165, 1.54) is 5.56 Å². The van der Waals surface area contributed by atoms with E-state index in [0.29, 0.717) is 0 Å². The first-order chi connectivity index (χ1) is 6.56. The van der Waals surface area contributed by atoms with Gasteiger partial charge in [-0.2, -0.15) is 0 Å². The predicted molar refractivity (Wildman–Crippen MR) is 63.3 cm³/mol. The van der Waals surface area contributed by atoms with Gasteiger partial charge in [-0.3, -0.25) is 4.79 Å². The third kappa shape index (κ3) is 2.44. The number of rotatable bonds is 3. The van der Waals surface area contributed by atoms with Crippen molar-refractivity contribution in [2.24, 2.45) is 0 Å². The molecule has 0 aliphatic heterocycles. The van der Waals surface area contributed by atoms with Gasteiger partial charge in [-0.1, -0.05) is 46.6 Å². The highest BCUT2D eigenvalue weighted by Crippen LogP contribution is 2.17. The number of Topliss-reactive ketones (excluding diaryl/α,β-unsaturated/α-hetero) is 1. The number of carbonyl (C=O) groups is 1. The van der Waals surface area contributed by atoms with Gasteiger partial charge in [0.05, 0.1) is 4.83 Å². The number of carbonyl (C=O) groups excluding carboxylic acids is 1. The number of aryl methyl sites for hydroxylation is 2. The minimum absolute atomic E-state index is 0.0519. The zero-order chi connectivity index (χ0) is 10.7. The molecule has 0 unspecified atom stereocenters. The zero-order valence-electron chi connectivity index (χ0n) is 8.80. The highest BCUT2D eigenvalue weighted by molar-refractivity contribution is 9.10. The number of halogens is 1. The van der Waals surface area contributed by atoms with E-state index in [0.717, 1.165) is 17.5 Å². The summed E-state index contributed by atoms with van der Waals surface area (Å²) in [5, 5.41) is 0. The maximum absolute atomic E-state index is 11.9. The number of hydrogen-bond acceptors (Lipinski definition) is 1. The smallest absolute Gasteiger partial charge is 0.176 e. The Morgan fingerprint density at radius 3 is 2.57 bits per heavy atom. The fourth-order valence-electron chi connectivity index (χ4n) is 1.44. The van der Waals surface area contributed by atoms with Crippen molar-refractivity contribution in [2.45, 2.75) is 32.0 Å². The topological polar surface area (TPSA) is 17.1 Å². The fourth-order valence-corrected chi connectivity index (χ4v) is 1.69. The first kappa shape index (κ1) is 11.4. The Labute approximate surface area is 93.7 Å². The number of alkyl halides is 1. The van der Waals surface area contributed by atoms with Crippen LogP contribution >= 0.6 is 15.9 Å². The van der Waals surface area contributed by atoms with Crippen molar-refractivity contribution in [2.75, 3.05) is 0 Å². The van der Waals surface area contributed by atoms with Crippen LogP contribution in [0.4, 0.5) is 0 Å². The average Bonchev–Trinajstić information content (AvgIpc) is 2.15. The molecule has 1 atom stereocenters. The molecule has 0 aliphatic carbocycles. The summed E-state index contributed by atoms with van der Waals surface area (Å²) in [6, 6.07) is 5.94. The molecular formula is C12H15BrO. The van der Waals surface area contributed by atoms with Crippen LogP contribution in [0, 0.1) is 13.8 Å². The van der Waals surface area contributed by atoms with Gasteiger partial charge < -0.3 is 0 Å². The van der Waals surface area contributed by atoms with E-state index in [2.05, 4.69) is 15.9 Å². The molecule has 14 heavy (non-hydrogen) atoms. The van der Waals surface area contributed by atoms with Gasteiger partial charge >= 0.3 is 0 Å². The maximum Gasteiger partial charge on any atom is 0.176 e. The van der Waals surface area contributed by atoms with Crippen LogP contribution in [0.5, 0.6) is 0 Å². The van der Waals surface area contributed by atoms with Crippen molar-refractivity contribution in [3.63, 3.8) is 0 Å². The number of benzene rings is 1. The molecule has 0 radical (unpaired) electrons. The Kier molecular flexibility index (Phi) is 3.87. The summed E-state index contributed by atoms with van der Waals surface area (Å²) in [7, 11) is 0. The van der Waals surface area contributed by atoms with Crippen LogP contribution in [0.2, 0.25) is 0 Å². The van der Waals surface area contributed by atoms with Gasteiger partial charge in [-0.05, 0) is 25.8 Å². The quantitative estimate of drug-likeness (QED) is 0.595. The standard InChI is InChI=1S/C12H15BrO/c1-4-11(13)12(14)10-6-5-8(2)7-9(10)3/h5-7,11H,4H2,1-3H3/t11-/m1/s1. The lowest BCUT2D eigenvalue weighted by atomic mass is 10.00. The zero-order valence-corrected chi connectivity index (χ0v) is 10.4. The number of ketones is 1. The number of hydrogen-bond donors (Lipinski definition) is 0. The minimum Gasteiger partial charge on any atom is -0.293 e. The van der Waals surface area contributed by atoms with Crippen molar-refractivity contribution in [1.82, 2.24) is 0 Å². The largest absolute Gasteiger partial charge is 0.293 e. The molecule has 0 aromatic heterocycles. The monoisotopic (exact) mass is 254 g/mol. The molecule has 1 nitrogen and oxygen atoms in total. The maximum atomic E-state index is 11.9. The highest BCUT2D eigenvalue weighted by Gasteiger charge is 2.16. The Bertz CT molecular complexity index is 344. The molecule has 0 fully saturated rings. The van der Waals surface area contributed by atoms with Crippen LogP contribution in [0.15, 0.2) is 18.2 Å². The van der Waals surface area contributed by atoms with Crippen LogP contribution in [0.1, 0.15) is 34.8 Å². The van der Waals surface area contributed by atoms with Crippen LogP contribution in [-0.2, 0) is 0 Å². The van der Waals surface area contributed by atoms with Crippen LogP contribution in [0.3, 0.4) is 0 Å². The van der Waals surface area contributed by atoms with Gasteiger partial charge in [0.1, 0.15) is 0 Å². The second-order valence-electron chi connectivity index (χ2n) is 3.56. The first-order valence-electron chi connectivity index (χ1n) is 4.81. The van der Waals surface area contributed by atoms with Crippen LogP contribution < -0.4 is 0 Å². The van der Waals surface area contributed by atoms with Crippen LogP contribution in [-0.4, -0.2) is 10.6 Å². The van der Waals surface area contributed by atoms with E-state index in [-0.39, 0.29) is 10.6 Å².